The van der Waals surface area contributed by atoms with E-state index in [1.165, 1.54) is 12.1 Å². The Morgan fingerprint density at radius 2 is 2.21 bits per heavy atom. The zero-order chi connectivity index (χ0) is 14.0. The summed E-state index contributed by atoms with van der Waals surface area (Å²) in [4.78, 5) is 18.5. The van der Waals surface area contributed by atoms with Gasteiger partial charge in [0.25, 0.3) is 5.56 Å². The van der Waals surface area contributed by atoms with Crippen LogP contribution in [-0.2, 0) is 0 Å². The molecular weight excluding hydrogens is 265 g/mol. The van der Waals surface area contributed by atoms with E-state index >= 15 is 0 Å². The SMILES string of the molecule is Cc1cc(=O)[nH]c(Sc2c(F)cccc2C(C)N)n1. The molecule has 0 aliphatic rings. The van der Waals surface area contributed by atoms with Crippen molar-refractivity contribution in [1.82, 2.24) is 9.97 Å². The summed E-state index contributed by atoms with van der Waals surface area (Å²) in [5, 5.41) is 0.358. The van der Waals surface area contributed by atoms with E-state index in [0.717, 1.165) is 11.8 Å². The van der Waals surface area contributed by atoms with Gasteiger partial charge in [-0.2, -0.15) is 0 Å². The monoisotopic (exact) mass is 279 g/mol. The Kier molecular flexibility index (Phi) is 4.01. The summed E-state index contributed by atoms with van der Waals surface area (Å²) in [5.74, 6) is -0.371. The molecule has 100 valence electrons. The number of halogens is 1. The molecule has 1 heterocycles. The average Bonchev–Trinajstić information content (AvgIpc) is 2.30. The molecule has 0 saturated heterocycles. The molecule has 0 aliphatic heterocycles. The van der Waals surface area contributed by atoms with Crippen molar-refractivity contribution >= 4 is 11.8 Å². The van der Waals surface area contributed by atoms with Gasteiger partial charge in [0, 0.05) is 17.8 Å². The molecule has 0 saturated carbocycles. The number of H-pyrrole nitrogens is 1. The quantitative estimate of drug-likeness (QED) is 0.846. The fourth-order valence-corrected chi connectivity index (χ4v) is 2.76. The molecule has 1 unspecified atom stereocenters. The molecular formula is C13H14FN3OS. The van der Waals surface area contributed by atoms with Crippen molar-refractivity contribution in [3.63, 3.8) is 0 Å². The Labute approximate surface area is 114 Å². The molecule has 2 aromatic rings. The standard InChI is InChI=1S/C13H14FN3OS/c1-7-6-11(18)17-13(16-7)19-12-9(8(2)15)4-3-5-10(12)14/h3-6,8H,15H2,1-2H3,(H,16,17,18). The third-order valence-corrected chi connectivity index (χ3v) is 3.56. The maximum Gasteiger partial charge on any atom is 0.251 e. The third kappa shape index (κ3) is 3.21. The average molecular weight is 279 g/mol. The number of hydrogen-bond donors (Lipinski definition) is 2. The summed E-state index contributed by atoms with van der Waals surface area (Å²) in [6.45, 7) is 3.50. The number of aromatic amines is 1. The summed E-state index contributed by atoms with van der Waals surface area (Å²) < 4.78 is 13.9. The second kappa shape index (κ2) is 5.54. The van der Waals surface area contributed by atoms with E-state index in [0.29, 0.717) is 21.3 Å². The van der Waals surface area contributed by atoms with Crippen LogP contribution in [0, 0.1) is 12.7 Å². The van der Waals surface area contributed by atoms with Crippen molar-refractivity contribution in [3.05, 3.63) is 51.7 Å². The van der Waals surface area contributed by atoms with Gasteiger partial charge in [-0.05, 0) is 37.2 Å². The Morgan fingerprint density at radius 3 is 2.84 bits per heavy atom. The van der Waals surface area contributed by atoms with Gasteiger partial charge in [-0.25, -0.2) is 9.37 Å². The van der Waals surface area contributed by atoms with E-state index in [2.05, 4.69) is 9.97 Å². The zero-order valence-corrected chi connectivity index (χ0v) is 11.4. The molecule has 1 atom stereocenters. The van der Waals surface area contributed by atoms with Crippen LogP contribution in [0.25, 0.3) is 0 Å². The van der Waals surface area contributed by atoms with E-state index < -0.39 is 0 Å². The van der Waals surface area contributed by atoms with E-state index in [9.17, 15) is 9.18 Å². The summed E-state index contributed by atoms with van der Waals surface area (Å²) in [5.41, 5.74) is 6.85. The van der Waals surface area contributed by atoms with Crippen LogP contribution < -0.4 is 11.3 Å². The van der Waals surface area contributed by atoms with Gasteiger partial charge in [0.1, 0.15) is 5.82 Å². The maximum atomic E-state index is 13.9. The van der Waals surface area contributed by atoms with Gasteiger partial charge in [-0.1, -0.05) is 12.1 Å². The van der Waals surface area contributed by atoms with Gasteiger partial charge in [0.2, 0.25) is 0 Å². The molecule has 3 N–H and O–H groups in total. The second-order valence-electron chi connectivity index (χ2n) is 4.24. The summed E-state index contributed by atoms with van der Waals surface area (Å²) in [6, 6.07) is 5.84. The van der Waals surface area contributed by atoms with Crippen LogP contribution in [0.4, 0.5) is 4.39 Å². The van der Waals surface area contributed by atoms with Gasteiger partial charge < -0.3 is 10.7 Å². The zero-order valence-electron chi connectivity index (χ0n) is 10.6. The van der Waals surface area contributed by atoms with E-state index in [1.54, 1.807) is 26.0 Å². The van der Waals surface area contributed by atoms with Gasteiger partial charge in [0.05, 0.1) is 4.90 Å². The first kappa shape index (κ1) is 13.8. The first-order valence-electron chi connectivity index (χ1n) is 5.77. The van der Waals surface area contributed by atoms with Gasteiger partial charge in [0.15, 0.2) is 5.16 Å². The number of nitrogens with zero attached hydrogens (tertiary/aromatic N) is 1. The van der Waals surface area contributed by atoms with Crippen LogP contribution in [-0.4, -0.2) is 9.97 Å². The topological polar surface area (TPSA) is 71.8 Å². The van der Waals surface area contributed by atoms with Crippen molar-refractivity contribution in [1.29, 1.82) is 0 Å². The largest absolute Gasteiger partial charge is 0.324 e. The van der Waals surface area contributed by atoms with E-state index in [4.69, 9.17) is 5.73 Å². The lowest BCUT2D eigenvalue weighted by atomic mass is 10.1. The molecule has 0 bridgehead atoms. The van der Waals surface area contributed by atoms with Crippen molar-refractivity contribution in [2.45, 2.75) is 29.9 Å². The highest BCUT2D eigenvalue weighted by atomic mass is 32.2. The third-order valence-electron chi connectivity index (χ3n) is 2.53. The highest BCUT2D eigenvalue weighted by Gasteiger charge is 2.14. The number of aromatic nitrogens is 2. The van der Waals surface area contributed by atoms with Crippen LogP contribution in [0.15, 0.2) is 39.1 Å². The molecule has 0 spiro atoms. The van der Waals surface area contributed by atoms with Crippen LogP contribution in [0.1, 0.15) is 24.2 Å². The fraction of sp³-hybridized carbons (Fsp3) is 0.231. The molecule has 6 heteroatoms. The van der Waals surface area contributed by atoms with E-state index in [1.807, 2.05) is 0 Å². The molecule has 2 rings (SSSR count). The lowest BCUT2D eigenvalue weighted by Crippen LogP contribution is -2.10. The molecule has 0 fully saturated rings. The molecule has 4 nitrogen and oxygen atoms in total. The van der Waals surface area contributed by atoms with Gasteiger partial charge >= 0.3 is 0 Å². The maximum absolute atomic E-state index is 13.9. The lowest BCUT2D eigenvalue weighted by Gasteiger charge is -2.12. The smallest absolute Gasteiger partial charge is 0.251 e. The Balaban J connectivity index is 2.45. The summed E-state index contributed by atoms with van der Waals surface area (Å²) in [6.07, 6.45) is 0. The normalized spacial score (nSPS) is 12.4. The molecule has 1 aromatic carbocycles. The van der Waals surface area contributed by atoms with Crippen molar-refractivity contribution in [3.8, 4) is 0 Å². The minimum atomic E-state index is -0.371. The Hall–Kier alpha value is -1.66. The molecule has 19 heavy (non-hydrogen) atoms. The number of aryl methyl sites for hydroxylation is 1. The van der Waals surface area contributed by atoms with Gasteiger partial charge in [-0.3, -0.25) is 4.79 Å². The number of hydrogen-bond acceptors (Lipinski definition) is 4. The Bertz CT molecular complexity index is 655. The van der Waals surface area contributed by atoms with Crippen molar-refractivity contribution in [2.24, 2.45) is 5.73 Å². The highest BCUT2D eigenvalue weighted by molar-refractivity contribution is 7.99. The predicted octanol–water partition coefficient (Wildman–Crippen LogP) is 2.39. The van der Waals surface area contributed by atoms with Crippen molar-refractivity contribution < 1.29 is 4.39 Å². The number of rotatable bonds is 3. The highest BCUT2D eigenvalue weighted by Crippen LogP contribution is 2.32. The number of nitrogens with one attached hydrogen (secondary N) is 1. The minimum absolute atomic E-state index is 0.256. The summed E-state index contributed by atoms with van der Waals surface area (Å²) in [7, 11) is 0. The first-order chi connectivity index (χ1) is 8.97. The summed E-state index contributed by atoms with van der Waals surface area (Å²) >= 11 is 1.08. The lowest BCUT2D eigenvalue weighted by molar-refractivity contribution is 0.591. The molecule has 0 amide bonds. The number of nitrogens with two attached hydrogens (primary N) is 1. The predicted molar refractivity (Wildman–Crippen MR) is 72.7 cm³/mol. The molecule has 0 radical (unpaired) electrons. The van der Waals surface area contributed by atoms with Crippen LogP contribution in [0.3, 0.4) is 0 Å². The first-order valence-corrected chi connectivity index (χ1v) is 6.59. The molecule has 0 aliphatic carbocycles. The molecule has 1 aromatic heterocycles. The Morgan fingerprint density at radius 1 is 1.47 bits per heavy atom. The van der Waals surface area contributed by atoms with Crippen molar-refractivity contribution in [2.75, 3.05) is 0 Å². The second-order valence-corrected chi connectivity index (χ2v) is 5.24. The van der Waals surface area contributed by atoms with Crippen LogP contribution in [0.2, 0.25) is 0 Å². The fourth-order valence-electron chi connectivity index (χ4n) is 1.69. The minimum Gasteiger partial charge on any atom is -0.324 e. The van der Waals surface area contributed by atoms with E-state index in [-0.39, 0.29) is 17.4 Å². The van der Waals surface area contributed by atoms with Crippen LogP contribution in [0.5, 0.6) is 0 Å². The van der Waals surface area contributed by atoms with Gasteiger partial charge in [-0.15, -0.1) is 0 Å². The van der Waals surface area contributed by atoms with Crippen LogP contribution >= 0.6 is 11.8 Å². The number of benzene rings is 1.